The van der Waals surface area contributed by atoms with E-state index < -0.39 is 8.07 Å². The second kappa shape index (κ2) is 6.32. The lowest BCUT2D eigenvalue weighted by atomic mass is 10.3. The first kappa shape index (κ1) is 16.2. The maximum absolute atomic E-state index is 10.0. The summed E-state index contributed by atoms with van der Waals surface area (Å²) in [6.07, 6.45) is 0. The molecule has 118 valence electrons. The van der Waals surface area contributed by atoms with E-state index in [1.165, 1.54) is 5.19 Å². The molecule has 0 saturated heterocycles. The molecule has 1 N–H and O–H groups in total. The van der Waals surface area contributed by atoms with Crippen LogP contribution in [0.5, 0.6) is 23.0 Å². The van der Waals surface area contributed by atoms with Crippen LogP contribution in [0.2, 0.25) is 13.1 Å². The Kier molecular flexibility index (Phi) is 4.66. The number of hydrogen-bond donors (Lipinski definition) is 1. The van der Waals surface area contributed by atoms with Crippen molar-refractivity contribution in [2.24, 2.45) is 0 Å². The second-order valence-corrected chi connectivity index (χ2v) is 9.99. The van der Waals surface area contributed by atoms with Crippen molar-refractivity contribution < 1.29 is 19.3 Å². The van der Waals surface area contributed by atoms with Crippen molar-refractivity contribution in [3.8, 4) is 23.0 Å². The number of rotatable bonds is 5. The third-order valence-electron chi connectivity index (χ3n) is 4.01. The van der Waals surface area contributed by atoms with Crippen LogP contribution >= 0.6 is 0 Å². The first-order valence-electron chi connectivity index (χ1n) is 7.04. The lowest BCUT2D eigenvalue weighted by Crippen LogP contribution is -2.52. The summed E-state index contributed by atoms with van der Waals surface area (Å²) in [5, 5.41) is 12.4. The molecule has 0 radical (unpaired) electrons. The van der Waals surface area contributed by atoms with Crippen molar-refractivity contribution in [2.45, 2.75) is 13.1 Å². The highest BCUT2D eigenvalue weighted by atomic mass is 28.3. The standard InChI is InChI=1S/C17H22O4Si/c1-19-15-8-6-12(10-14(15)18)22(4,5)13-7-9-16(20-2)17(11-13)21-3/h6-11,18H,1-5H3. The summed E-state index contributed by atoms with van der Waals surface area (Å²) in [5.74, 6) is 2.09. The van der Waals surface area contributed by atoms with Crippen molar-refractivity contribution in [2.75, 3.05) is 21.3 Å². The van der Waals surface area contributed by atoms with Gasteiger partial charge in [-0.3, -0.25) is 0 Å². The van der Waals surface area contributed by atoms with Crippen LogP contribution < -0.4 is 24.6 Å². The minimum absolute atomic E-state index is 0.168. The Labute approximate surface area is 132 Å². The Bertz CT molecular complexity index is 668. The number of methoxy groups -OCH3 is 3. The number of phenols is 1. The molecule has 22 heavy (non-hydrogen) atoms. The number of phenolic OH excluding ortho intramolecular Hbond substituents is 1. The third-order valence-corrected chi connectivity index (χ3v) is 7.51. The summed E-state index contributed by atoms with van der Waals surface area (Å²) >= 11 is 0. The summed E-state index contributed by atoms with van der Waals surface area (Å²) in [5.41, 5.74) is 0. The predicted octanol–water partition coefficient (Wildman–Crippen LogP) is 2.24. The Morgan fingerprint density at radius 3 is 1.73 bits per heavy atom. The van der Waals surface area contributed by atoms with Crippen LogP contribution in [0.4, 0.5) is 0 Å². The second-order valence-electron chi connectivity index (χ2n) is 5.58. The Hall–Kier alpha value is -2.14. The number of hydrogen-bond acceptors (Lipinski definition) is 4. The van der Waals surface area contributed by atoms with Crippen molar-refractivity contribution in [3.05, 3.63) is 36.4 Å². The summed E-state index contributed by atoms with van der Waals surface area (Å²) in [6, 6.07) is 11.6. The molecule has 0 unspecified atom stereocenters. The molecule has 2 aromatic rings. The van der Waals surface area contributed by atoms with E-state index in [1.54, 1.807) is 33.5 Å². The Morgan fingerprint density at radius 1 is 0.727 bits per heavy atom. The number of aromatic hydroxyl groups is 1. The largest absolute Gasteiger partial charge is 0.504 e. The average Bonchev–Trinajstić information content (AvgIpc) is 2.53. The van der Waals surface area contributed by atoms with Gasteiger partial charge < -0.3 is 19.3 Å². The molecular weight excluding hydrogens is 296 g/mol. The van der Waals surface area contributed by atoms with E-state index in [4.69, 9.17) is 14.2 Å². The maximum atomic E-state index is 10.0. The van der Waals surface area contributed by atoms with Crippen molar-refractivity contribution in [1.82, 2.24) is 0 Å². The zero-order valence-corrected chi connectivity index (χ0v) is 14.6. The van der Waals surface area contributed by atoms with Crippen molar-refractivity contribution in [1.29, 1.82) is 0 Å². The molecule has 0 aromatic heterocycles. The van der Waals surface area contributed by atoms with Crippen LogP contribution in [0, 0.1) is 0 Å². The van der Waals surface area contributed by atoms with Crippen LogP contribution in [0.3, 0.4) is 0 Å². The molecule has 0 spiro atoms. The molecule has 2 rings (SSSR count). The summed E-state index contributed by atoms with van der Waals surface area (Å²) in [7, 11) is 2.85. The molecule has 0 bridgehead atoms. The molecule has 0 fully saturated rings. The lowest BCUT2D eigenvalue weighted by molar-refractivity contribution is 0.355. The quantitative estimate of drug-likeness (QED) is 0.859. The molecule has 0 saturated carbocycles. The average molecular weight is 318 g/mol. The topological polar surface area (TPSA) is 47.9 Å². The molecule has 2 aromatic carbocycles. The van der Waals surface area contributed by atoms with Crippen molar-refractivity contribution >= 4 is 18.4 Å². The molecule has 0 amide bonds. The predicted molar refractivity (Wildman–Crippen MR) is 91.0 cm³/mol. The summed E-state index contributed by atoms with van der Waals surface area (Å²) in [4.78, 5) is 0. The lowest BCUT2D eigenvalue weighted by Gasteiger charge is -2.25. The molecule has 5 heteroatoms. The van der Waals surface area contributed by atoms with Gasteiger partial charge in [-0.1, -0.05) is 35.6 Å². The van der Waals surface area contributed by atoms with Gasteiger partial charge in [-0.2, -0.15) is 0 Å². The van der Waals surface area contributed by atoms with Gasteiger partial charge in [-0.25, -0.2) is 0 Å². The fourth-order valence-electron chi connectivity index (χ4n) is 2.47. The van der Waals surface area contributed by atoms with Crippen LogP contribution in [0.1, 0.15) is 0 Å². The van der Waals surface area contributed by atoms with Crippen LogP contribution in [0.25, 0.3) is 0 Å². The fourth-order valence-corrected chi connectivity index (χ4v) is 4.79. The Morgan fingerprint density at radius 2 is 1.23 bits per heavy atom. The van der Waals surface area contributed by atoms with Gasteiger partial charge in [0.1, 0.15) is 8.07 Å². The van der Waals surface area contributed by atoms with E-state index >= 15 is 0 Å². The molecule has 4 nitrogen and oxygen atoms in total. The number of benzene rings is 2. The minimum atomic E-state index is -1.96. The van der Waals surface area contributed by atoms with E-state index in [9.17, 15) is 5.11 Å². The molecule has 0 heterocycles. The van der Waals surface area contributed by atoms with E-state index in [0.29, 0.717) is 11.5 Å². The maximum Gasteiger partial charge on any atom is 0.160 e. The molecule has 0 aliphatic carbocycles. The smallest absolute Gasteiger partial charge is 0.160 e. The third kappa shape index (κ3) is 2.90. The highest BCUT2D eigenvalue weighted by molar-refractivity contribution is 7.00. The number of ether oxygens (including phenoxy) is 3. The van der Waals surface area contributed by atoms with E-state index in [-0.39, 0.29) is 5.75 Å². The Balaban J connectivity index is 2.47. The highest BCUT2D eigenvalue weighted by Gasteiger charge is 2.28. The van der Waals surface area contributed by atoms with Gasteiger partial charge in [-0.15, -0.1) is 0 Å². The van der Waals surface area contributed by atoms with E-state index in [1.807, 2.05) is 18.2 Å². The highest BCUT2D eigenvalue weighted by Crippen LogP contribution is 2.27. The van der Waals surface area contributed by atoms with Gasteiger partial charge in [0.2, 0.25) is 0 Å². The van der Waals surface area contributed by atoms with E-state index in [2.05, 4.69) is 19.2 Å². The fraction of sp³-hybridized carbons (Fsp3) is 0.294. The molecule has 0 aliphatic rings. The van der Waals surface area contributed by atoms with Crippen LogP contribution in [0.15, 0.2) is 36.4 Å². The van der Waals surface area contributed by atoms with Crippen LogP contribution in [-0.2, 0) is 0 Å². The first-order valence-corrected chi connectivity index (χ1v) is 10.0. The van der Waals surface area contributed by atoms with Crippen molar-refractivity contribution in [3.63, 3.8) is 0 Å². The summed E-state index contributed by atoms with van der Waals surface area (Å²) < 4.78 is 15.8. The van der Waals surface area contributed by atoms with Gasteiger partial charge in [0.05, 0.1) is 21.3 Å². The SMILES string of the molecule is COc1ccc([Si](C)(C)c2ccc(OC)c(OC)c2)cc1O. The van der Waals surface area contributed by atoms with Gasteiger partial charge in [0.15, 0.2) is 23.0 Å². The first-order chi connectivity index (χ1) is 10.4. The van der Waals surface area contributed by atoms with Crippen LogP contribution in [-0.4, -0.2) is 34.5 Å². The van der Waals surface area contributed by atoms with Gasteiger partial charge >= 0.3 is 0 Å². The van der Waals surface area contributed by atoms with Gasteiger partial charge in [-0.05, 0) is 24.3 Å². The zero-order valence-electron chi connectivity index (χ0n) is 13.6. The van der Waals surface area contributed by atoms with Gasteiger partial charge in [0, 0.05) is 0 Å². The zero-order chi connectivity index (χ0) is 16.3. The molecular formula is C17H22O4Si. The molecule has 0 aliphatic heterocycles. The summed E-state index contributed by atoms with van der Waals surface area (Å²) in [6.45, 7) is 4.46. The monoisotopic (exact) mass is 318 g/mol. The normalized spacial score (nSPS) is 11.1. The van der Waals surface area contributed by atoms with Gasteiger partial charge in [0.25, 0.3) is 0 Å². The molecule has 0 atom stereocenters. The minimum Gasteiger partial charge on any atom is -0.504 e. The van der Waals surface area contributed by atoms with E-state index in [0.717, 1.165) is 10.9 Å².